The molecule has 1 N–H and O–H groups in total. The highest BCUT2D eigenvalue weighted by molar-refractivity contribution is 6.34. The zero-order valence-corrected chi connectivity index (χ0v) is 15.2. The van der Waals surface area contributed by atoms with Crippen LogP contribution in [0.5, 0.6) is 0 Å². The molecule has 0 aliphatic rings. The molecule has 0 spiro atoms. The molecule has 0 aliphatic heterocycles. The van der Waals surface area contributed by atoms with Gasteiger partial charge < -0.3 is 4.98 Å². The highest BCUT2D eigenvalue weighted by Crippen LogP contribution is 2.32. The molecule has 0 unspecified atom stereocenters. The summed E-state index contributed by atoms with van der Waals surface area (Å²) in [6.45, 7) is 0. The Hall–Kier alpha value is -3.05. The summed E-state index contributed by atoms with van der Waals surface area (Å²) >= 11 is 6.41. The van der Waals surface area contributed by atoms with Crippen molar-refractivity contribution in [1.29, 1.82) is 0 Å². The van der Waals surface area contributed by atoms with Crippen LogP contribution in [0.4, 0.5) is 13.2 Å². The topological polar surface area (TPSA) is 28.7 Å². The van der Waals surface area contributed by atoms with E-state index in [0.29, 0.717) is 16.4 Å². The molecule has 0 aliphatic carbocycles. The number of fused-ring (bicyclic) bond motifs is 1. The van der Waals surface area contributed by atoms with Gasteiger partial charge in [-0.2, -0.15) is 13.2 Å². The normalized spacial score (nSPS) is 12.1. The number of halogens is 4. The van der Waals surface area contributed by atoms with Crippen molar-refractivity contribution >= 4 is 34.8 Å². The number of hydrogen-bond acceptors (Lipinski definition) is 1. The van der Waals surface area contributed by atoms with Gasteiger partial charge in [-0.25, -0.2) is 4.98 Å². The van der Waals surface area contributed by atoms with Gasteiger partial charge in [0.05, 0.1) is 21.6 Å². The average Bonchev–Trinajstić information content (AvgIpc) is 3.07. The second-order valence-corrected chi connectivity index (χ2v) is 6.70. The van der Waals surface area contributed by atoms with Gasteiger partial charge in [0.15, 0.2) is 0 Å². The molecule has 4 rings (SSSR count). The fraction of sp³-hybridized carbons (Fsp3) is 0.0455. The molecule has 4 aromatic rings. The molecule has 6 heteroatoms. The van der Waals surface area contributed by atoms with Gasteiger partial charge in [-0.05, 0) is 41.5 Å². The Morgan fingerprint density at radius 2 is 1.61 bits per heavy atom. The van der Waals surface area contributed by atoms with E-state index in [1.807, 2.05) is 42.5 Å². The number of alkyl halides is 3. The first-order valence-electron chi connectivity index (χ1n) is 8.50. The Kier molecular flexibility index (Phi) is 4.69. The van der Waals surface area contributed by atoms with Gasteiger partial charge >= 0.3 is 6.18 Å². The number of imidazole rings is 1. The molecule has 3 aromatic carbocycles. The van der Waals surface area contributed by atoms with E-state index in [9.17, 15) is 13.2 Å². The van der Waals surface area contributed by atoms with E-state index in [4.69, 9.17) is 11.6 Å². The molecular formula is C22H14ClF3N2. The van der Waals surface area contributed by atoms with Crippen LogP contribution in [0.2, 0.25) is 5.02 Å². The Labute approximate surface area is 164 Å². The highest BCUT2D eigenvalue weighted by atomic mass is 35.5. The minimum atomic E-state index is -4.34. The Morgan fingerprint density at radius 3 is 2.29 bits per heavy atom. The molecule has 0 saturated carbocycles. The maximum atomic E-state index is 12.6. The molecule has 140 valence electrons. The standard InChI is InChI=1S/C22H14ClF3N2/c23-18-13-20-19(12-17(18)15-4-2-1-3-5-15)27-21(28-20)11-8-14-6-9-16(10-7-14)22(24,25)26/h1-13H,(H,27,28). The van der Waals surface area contributed by atoms with Crippen molar-refractivity contribution in [1.82, 2.24) is 9.97 Å². The minimum absolute atomic E-state index is 0.594. The lowest BCUT2D eigenvalue weighted by molar-refractivity contribution is -0.137. The zero-order valence-electron chi connectivity index (χ0n) is 14.5. The van der Waals surface area contributed by atoms with Gasteiger partial charge in [0.2, 0.25) is 0 Å². The van der Waals surface area contributed by atoms with Crippen molar-refractivity contribution in [2.75, 3.05) is 0 Å². The Bertz CT molecular complexity index is 1140. The maximum absolute atomic E-state index is 12.6. The number of aromatic nitrogens is 2. The third kappa shape index (κ3) is 3.80. The van der Waals surface area contributed by atoms with Crippen molar-refractivity contribution in [3.63, 3.8) is 0 Å². The van der Waals surface area contributed by atoms with Crippen molar-refractivity contribution in [3.8, 4) is 11.1 Å². The molecule has 0 fully saturated rings. The van der Waals surface area contributed by atoms with Crippen molar-refractivity contribution < 1.29 is 13.2 Å². The van der Waals surface area contributed by atoms with Crippen LogP contribution in [0.3, 0.4) is 0 Å². The lowest BCUT2D eigenvalue weighted by Gasteiger charge is -2.05. The summed E-state index contributed by atoms with van der Waals surface area (Å²) in [7, 11) is 0. The third-order valence-corrected chi connectivity index (χ3v) is 4.66. The number of rotatable bonds is 3. The van der Waals surface area contributed by atoms with Gasteiger partial charge in [0, 0.05) is 5.56 Å². The number of H-pyrrole nitrogens is 1. The van der Waals surface area contributed by atoms with Crippen LogP contribution in [-0.2, 0) is 6.18 Å². The van der Waals surface area contributed by atoms with Crippen LogP contribution in [0, 0.1) is 0 Å². The molecule has 0 atom stereocenters. The molecule has 0 saturated heterocycles. The monoisotopic (exact) mass is 398 g/mol. The van der Waals surface area contributed by atoms with Crippen LogP contribution < -0.4 is 0 Å². The molecule has 1 aromatic heterocycles. The number of nitrogens with one attached hydrogen (secondary N) is 1. The fourth-order valence-corrected chi connectivity index (χ4v) is 3.20. The summed E-state index contributed by atoms with van der Waals surface area (Å²) in [6.07, 6.45) is -0.910. The van der Waals surface area contributed by atoms with Crippen LogP contribution in [0.1, 0.15) is 17.0 Å². The molecule has 0 bridgehead atoms. The van der Waals surface area contributed by atoms with E-state index in [1.54, 1.807) is 12.2 Å². The van der Waals surface area contributed by atoms with Crippen molar-refractivity contribution in [2.24, 2.45) is 0 Å². The van der Waals surface area contributed by atoms with Crippen LogP contribution in [-0.4, -0.2) is 9.97 Å². The SMILES string of the molecule is FC(F)(F)c1ccc(C=Cc2nc3cc(-c4ccccc4)c(Cl)cc3[nH]2)cc1. The van der Waals surface area contributed by atoms with Gasteiger partial charge in [-0.1, -0.05) is 60.1 Å². The molecule has 2 nitrogen and oxygen atoms in total. The second kappa shape index (κ2) is 7.17. The quantitative estimate of drug-likeness (QED) is 0.392. The number of nitrogens with zero attached hydrogens (tertiary/aromatic N) is 1. The summed E-state index contributed by atoms with van der Waals surface area (Å²) in [6, 6.07) is 18.5. The summed E-state index contributed by atoms with van der Waals surface area (Å²) in [5.74, 6) is 0.594. The van der Waals surface area contributed by atoms with E-state index in [-0.39, 0.29) is 0 Å². The van der Waals surface area contributed by atoms with Gasteiger partial charge in [0.25, 0.3) is 0 Å². The molecule has 0 amide bonds. The van der Waals surface area contributed by atoms with Gasteiger partial charge in [-0.3, -0.25) is 0 Å². The number of benzene rings is 3. The van der Waals surface area contributed by atoms with E-state index in [0.717, 1.165) is 34.3 Å². The van der Waals surface area contributed by atoms with Gasteiger partial charge in [-0.15, -0.1) is 0 Å². The molecule has 1 heterocycles. The average molecular weight is 399 g/mol. The van der Waals surface area contributed by atoms with E-state index < -0.39 is 11.7 Å². The second-order valence-electron chi connectivity index (χ2n) is 6.29. The lowest BCUT2D eigenvalue weighted by atomic mass is 10.1. The van der Waals surface area contributed by atoms with Crippen molar-refractivity contribution in [2.45, 2.75) is 6.18 Å². The molecular weight excluding hydrogens is 385 g/mol. The maximum Gasteiger partial charge on any atom is 0.416 e. The highest BCUT2D eigenvalue weighted by Gasteiger charge is 2.29. The predicted octanol–water partition coefficient (Wildman–Crippen LogP) is 7.07. The van der Waals surface area contributed by atoms with E-state index in [1.165, 1.54) is 12.1 Å². The number of hydrogen-bond donors (Lipinski definition) is 1. The zero-order chi connectivity index (χ0) is 19.7. The van der Waals surface area contributed by atoms with E-state index >= 15 is 0 Å². The summed E-state index contributed by atoms with van der Waals surface area (Å²) in [5.41, 5.74) is 3.42. The first kappa shape index (κ1) is 18.3. The van der Waals surface area contributed by atoms with Gasteiger partial charge in [0.1, 0.15) is 5.82 Å². The molecule has 28 heavy (non-hydrogen) atoms. The van der Waals surface area contributed by atoms with Crippen LogP contribution >= 0.6 is 11.6 Å². The van der Waals surface area contributed by atoms with Crippen molar-refractivity contribution in [3.05, 3.63) is 88.7 Å². The summed E-state index contributed by atoms with van der Waals surface area (Å²) < 4.78 is 37.9. The smallest absolute Gasteiger partial charge is 0.338 e. The lowest BCUT2D eigenvalue weighted by Crippen LogP contribution is -2.03. The van der Waals surface area contributed by atoms with Crippen LogP contribution in [0.25, 0.3) is 34.3 Å². The Balaban J connectivity index is 1.62. The Morgan fingerprint density at radius 1 is 0.893 bits per heavy atom. The van der Waals surface area contributed by atoms with E-state index in [2.05, 4.69) is 9.97 Å². The number of aromatic amines is 1. The minimum Gasteiger partial charge on any atom is -0.338 e. The first-order valence-corrected chi connectivity index (χ1v) is 8.88. The summed E-state index contributed by atoms with van der Waals surface area (Å²) in [4.78, 5) is 7.69. The molecule has 0 radical (unpaired) electrons. The first-order chi connectivity index (χ1) is 13.4. The predicted molar refractivity (Wildman–Crippen MR) is 107 cm³/mol. The third-order valence-electron chi connectivity index (χ3n) is 4.35. The summed E-state index contributed by atoms with van der Waals surface area (Å²) in [5, 5.41) is 0.612. The largest absolute Gasteiger partial charge is 0.416 e. The van der Waals surface area contributed by atoms with Crippen LogP contribution in [0.15, 0.2) is 66.7 Å². The fourth-order valence-electron chi connectivity index (χ4n) is 2.93.